The van der Waals surface area contributed by atoms with Crippen LogP contribution in [-0.4, -0.2) is 67.5 Å². The molecule has 0 spiro atoms. The second-order valence-corrected chi connectivity index (χ2v) is 9.44. The summed E-state index contributed by atoms with van der Waals surface area (Å²) in [4.78, 5) is 2.57. The summed E-state index contributed by atoms with van der Waals surface area (Å²) in [7, 11) is 0. The lowest BCUT2D eigenvalue weighted by atomic mass is 10.1. The van der Waals surface area contributed by atoms with Crippen molar-refractivity contribution in [3.63, 3.8) is 0 Å². The number of hydrogen-bond acceptors (Lipinski definition) is 6. The molecule has 228 valence electrons. The molecule has 0 amide bonds. The van der Waals surface area contributed by atoms with Crippen LogP contribution in [0.1, 0.15) is 29.5 Å². The van der Waals surface area contributed by atoms with Crippen molar-refractivity contribution in [3.05, 3.63) is 71.3 Å². The summed E-state index contributed by atoms with van der Waals surface area (Å²) < 4.78 is 0. The molecule has 0 aliphatic carbocycles. The molecule has 0 bridgehead atoms. The summed E-state index contributed by atoms with van der Waals surface area (Å²) in [6.45, 7) is 12.5. The van der Waals surface area contributed by atoms with E-state index in [1.54, 1.807) is 0 Å². The molecule has 1 aromatic heterocycles. The van der Waals surface area contributed by atoms with Gasteiger partial charge in [0.2, 0.25) is 0 Å². The molecule has 2 heterocycles. The minimum atomic E-state index is 0. The van der Waals surface area contributed by atoms with Gasteiger partial charge in [-0.2, -0.15) is 5.10 Å². The Morgan fingerprint density at radius 1 is 0.700 bits per heavy atom. The molecule has 1 aliphatic heterocycles. The zero-order valence-electron chi connectivity index (χ0n) is 23.1. The van der Waals surface area contributed by atoms with Crippen LogP contribution in [0.4, 0.5) is 5.82 Å². The van der Waals surface area contributed by atoms with Crippen molar-refractivity contribution in [1.29, 1.82) is 0 Å². The van der Waals surface area contributed by atoms with E-state index in [1.165, 1.54) is 29.5 Å². The van der Waals surface area contributed by atoms with Crippen LogP contribution in [0.25, 0.3) is 11.3 Å². The second-order valence-electron chi connectivity index (χ2n) is 9.44. The van der Waals surface area contributed by atoms with Crippen LogP contribution in [0.2, 0.25) is 0 Å². The minimum Gasteiger partial charge on any atom is -0.365 e. The van der Waals surface area contributed by atoms with E-state index in [0.29, 0.717) is 0 Å². The van der Waals surface area contributed by atoms with Gasteiger partial charge in [-0.1, -0.05) is 54.1 Å². The van der Waals surface area contributed by atoms with Gasteiger partial charge in [0.15, 0.2) is 0 Å². The van der Waals surface area contributed by atoms with Gasteiger partial charge in [0.05, 0.1) is 5.69 Å². The molecule has 3 aromatic rings. The maximum absolute atomic E-state index is 4.42. The zero-order valence-corrected chi connectivity index (χ0v) is 27.2. The highest BCUT2D eigenvalue weighted by atomic mass is 35.5. The third-order valence-corrected chi connectivity index (χ3v) is 6.46. The summed E-state index contributed by atoms with van der Waals surface area (Å²) in [6, 6.07) is 19.5. The van der Waals surface area contributed by atoms with Crippen molar-refractivity contribution in [2.45, 2.75) is 32.9 Å². The highest BCUT2D eigenvalue weighted by molar-refractivity contribution is 5.86. The Hall–Kier alpha value is -1.26. The zero-order chi connectivity index (χ0) is 24.1. The van der Waals surface area contributed by atoms with Crippen LogP contribution < -0.4 is 21.3 Å². The Morgan fingerprint density at radius 2 is 1.30 bits per heavy atom. The van der Waals surface area contributed by atoms with Crippen LogP contribution >= 0.6 is 62.0 Å². The van der Waals surface area contributed by atoms with Gasteiger partial charge in [0.25, 0.3) is 0 Å². The number of aromatic amines is 1. The molecule has 1 aliphatic rings. The van der Waals surface area contributed by atoms with Gasteiger partial charge in [-0.3, -0.25) is 10.00 Å². The van der Waals surface area contributed by atoms with Gasteiger partial charge < -0.3 is 21.3 Å². The van der Waals surface area contributed by atoms with Gasteiger partial charge in [-0.05, 0) is 62.6 Å². The first-order valence-corrected chi connectivity index (χ1v) is 13.0. The Labute approximate surface area is 270 Å². The molecule has 1 saturated heterocycles. The Morgan fingerprint density at radius 3 is 1.98 bits per heavy atom. The Balaban J connectivity index is 0. The average molecular weight is 658 g/mol. The average Bonchev–Trinajstić information content (AvgIpc) is 3.35. The Bertz CT molecular complexity index is 989. The van der Waals surface area contributed by atoms with Crippen LogP contribution in [0.3, 0.4) is 0 Å². The van der Waals surface area contributed by atoms with E-state index in [2.05, 4.69) is 97.9 Å². The van der Waals surface area contributed by atoms with E-state index < -0.39 is 0 Å². The lowest BCUT2D eigenvalue weighted by Crippen LogP contribution is -2.36. The third-order valence-electron chi connectivity index (χ3n) is 6.46. The lowest BCUT2D eigenvalue weighted by molar-refractivity contribution is 0.260. The number of hydrogen-bond donors (Lipinski definition) is 5. The molecule has 0 atom stereocenters. The number of nitrogens with zero attached hydrogens (tertiary/aromatic N) is 2. The summed E-state index contributed by atoms with van der Waals surface area (Å²) >= 11 is 0. The molecule has 40 heavy (non-hydrogen) atoms. The van der Waals surface area contributed by atoms with E-state index in [-0.39, 0.29) is 62.0 Å². The van der Waals surface area contributed by atoms with E-state index in [4.69, 9.17) is 0 Å². The molecule has 0 radical (unpaired) electrons. The number of H-pyrrole nitrogens is 1. The second kappa shape index (κ2) is 23.3. The predicted molar refractivity (Wildman–Crippen MR) is 182 cm³/mol. The van der Waals surface area contributed by atoms with E-state index >= 15 is 0 Å². The summed E-state index contributed by atoms with van der Waals surface area (Å²) in [5, 5.41) is 21.6. The van der Waals surface area contributed by atoms with Crippen molar-refractivity contribution >= 4 is 67.9 Å². The van der Waals surface area contributed by atoms with Crippen molar-refractivity contribution < 1.29 is 0 Å². The number of halogens is 5. The van der Waals surface area contributed by atoms with Crippen LogP contribution in [0.5, 0.6) is 0 Å². The van der Waals surface area contributed by atoms with Crippen LogP contribution in [-0.2, 0) is 13.1 Å². The maximum atomic E-state index is 4.42. The molecule has 4 rings (SSSR count). The molecule has 5 N–H and O–H groups in total. The largest absolute Gasteiger partial charge is 0.365 e. The fourth-order valence-corrected chi connectivity index (χ4v) is 4.33. The molecule has 1 fully saturated rings. The van der Waals surface area contributed by atoms with Gasteiger partial charge in [0, 0.05) is 45.3 Å². The number of nitrogens with one attached hydrogen (secondary N) is 5. The highest BCUT2D eigenvalue weighted by Crippen LogP contribution is 2.20. The van der Waals surface area contributed by atoms with Crippen molar-refractivity contribution in [3.8, 4) is 11.3 Å². The van der Waals surface area contributed by atoms with Gasteiger partial charge in [-0.15, -0.1) is 62.0 Å². The van der Waals surface area contributed by atoms with Gasteiger partial charge in [-0.25, -0.2) is 0 Å². The number of anilines is 1. The quantitative estimate of drug-likeness (QED) is 0.242. The lowest BCUT2D eigenvalue weighted by Gasteiger charge is -2.23. The SMILES string of the molecule is Cc1ccc(-c2cc(NCc3ccc(CN4CCCNCCNCCCNCC4)cc3)n[nH]2)cc1.Cl.Cl.Cl.Cl.Cl. The van der Waals surface area contributed by atoms with Crippen molar-refractivity contribution in [1.82, 2.24) is 31.0 Å². The normalized spacial score (nSPS) is 14.9. The number of rotatable bonds is 6. The standard InChI is InChI=1S/C28H41N7.5ClH/c1-23-4-10-26(11-5-23)27-20-28(34-33-27)32-21-24-6-8-25(9-7-24)22-35-18-3-14-30-16-15-29-12-2-13-31-17-19-35;;;;;/h4-11,20,29-31H,2-3,12-19,21-22H2,1H3,(H2,32,33,34);5*1H. The molecular formula is C28H46Cl5N7. The molecular weight excluding hydrogens is 612 g/mol. The third kappa shape index (κ3) is 14.6. The molecule has 0 saturated carbocycles. The highest BCUT2D eigenvalue weighted by Gasteiger charge is 2.08. The molecule has 2 aromatic carbocycles. The van der Waals surface area contributed by atoms with E-state index in [1.807, 2.05) is 0 Å². The smallest absolute Gasteiger partial charge is 0.148 e. The number of benzene rings is 2. The topological polar surface area (TPSA) is 80.0 Å². The number of aromatic nitrogens is 2. The fraction of sp³-hybridized carbons (Fsp3) is 0.464. The first kappa shape index (κ1) is 40.9. The summed E-state index contributed by atoms with van der Waals surface area (Å²) in [6.07, 6.45) is 2.36. The molecule has 7 nitrogen and oxygen atoms in total. The first-order chi connectivity index (χ1) is 17.3. The first-order valence-electron chi connectivity index (χ1n) is 13.0. The monoisotopic (exact) mass is 655 g/mol. The van der Waals surface area contributed by atoms with Crippen LogP contribution in [0, 0.1) is 6.92 Å². The van der Waals surface area contributed by atoms with Gasteiger partial charge >= 0.3 is 0 Å². The molecule has 0 unspecified atom stereocenters. The summed E-state index contributed by atoms with van der Waals surface area (Å²) in [5.74, 6) is 0.868. The maximum Gasteiger partial charge on any atom is 0.148 e. The van der Waals surface area contributed by atoms with E-state index in [9.17, 15) is 0 Å². The van der Waals surface area contributed by atoms with Gasteiger partial charge in [0.1, 0.15) is 5.82 Å². The molecule has 12 heteroatoms. The summed E-state index contributed by atoms with van der Waals surface area (Å²) in [5.41, 5.74) is 6.07. The fourth-order valence-electron chi connectivity index (χ4n) is 4.33. The van der Waals surface area contributed by atoms with Crippen molar-refractivity contribution in [2.75, 3.05) is 57.7 Å². The van der Waals surface area contributed by atoms with Crippen LogP contribution in [0.15, 0.2) is 54.6 Å². The minimum absolute atomic E-state index is 0. The Kier molecular flexibility index (Phi) is 23.8. The van der Waals surface area contributed by atoms with Crippen molar-refractivity contribution in [2.24, 2.45) is 0 Å². The predicted octanol–water partition coefficient (Wildman–Crippen LogP) is 5.47. The number of aryl methyl sites for hydroxylation is 1. The van der Waals surface area contributed by atoms with E-state index in [0.717, 1.165) is 82.5 Å².